The van der Waals surface area contributed by atoms with E-state index in [2.05, 4.69) is 9.98 Å². The third-order valence-corrected chi connectivity index (χ3v) is 2.24. The summed E-state index contributed by atoms with van der Waals surface area (Å²) in [5.41, 5.74) is 6.60. The van der Waals surface area contributed by atoms with Crippen molar-refractivity contribution in [3.63, 3.8) is 0 Å². The molecule has 0 saturated carbocycles. The van der Waals surface area contributed by atoms with Crippen LogP contribution in [0.15, 0.2) is 47.6 Å². The summed E-state index contributed by atoms with van der Waals surface area (Å²) < 4.78 is 0. The van der Waals surface area contributed by atoms with E-state index < -0.39 is 4.92 Å². The van der Waals surface area contributed by atoms with Gasteiger partial charge in [-0.2, -0.15) is 0 Å². The van der Waals surface area contributed by atoms with Crippen molar-refractivity contribution in [1.82, 2.24) is 4.98 Å². The maximum atomic E-state index is 10.7. The minimum Gasteiger partial charge on any atom is -0.393 e. The zero-order valence-corrected chi connectivity index (χ0v) is 9.35. The van der Waals surface area contributed by atoms with Crippen LogP contribution >= 0.6 is 0 Å². The van der Waals surface area contributed by atoms with Gasteiger partial charge in [-0.05, 0) is 24.3 Å². The van der Waals surface area contributed by atoms with Crippen molar-refractivity contribution in [3.8, 4) is 0 Å². The Morgan fingerprint density at radius 2 is 2.17 bits per heavy atom. The van der Waals surface area contributed by atoms with E-state index in [1.807, 2.05) is 6.07 Å². The molecule has 0 aliphatic rings. The molecule has 0 aliphatic carbocycles. The predicted octanol–water partition coefficient (Wildman–Crippen LogP) is 2.32. The second-order valence-electron chi connectivity index (χ2n) is 3.51. The Morgan fingerprint density at radius 3 is 2.83 bits per heavy atom. The predicted molar refractivity (Wildman–Crippen MR) is 69.0 cm³/mol. The van der Waals surface area contributed by atoms with Crippen LogP contribution < -0.4 is 5.73 Å². The number of nitro groups is 1. The van der Waals surface area contributed by atoms with Crippen molar-refractivity contribution >= 4 is 23.3 Å². The molecule has 0 bridgehead atoms. The highest BCUT2D eigenvalue weighted by molar-refractivity contribution is 5.80. The number of nitrogen functional groups attached to an aromatic ring is 1. The van der Waals surface area contributed by atoms with Gasteiger partial charge in [-0.15, -0.1) is 0 Å². The lowest BCUT2D eigenvalue weighted by atomic mass is 10.2. The third kappa shape index (κ3) is 2.67. The topological polar surface area (TPSA) is 94.4 Å². The number of hydrogen-bond acceptors (Lipinski definition) is 5. The van der Waals surface area contributed by atoms with E-state index in [-0.39, 0.29) is 11.4 Å². The molecule has 0 atom stereocenters. The normalized spacial score (nSPS) is 10.7. The van der Waals surface area contributed by atoms with Gasteiger partial charge in [0.1, 0.15) is 5.69 Å². The Labute approximate surface area is 103 Å². The maximum Gasteiger partial charge on any atom is 0.294 e. The average Bonchev–Trinajstić information content (AvgIpc) is 2.38. The van der Waals surface area contributed by atoms with E-state index in [9.17, 15) is 10.1 Å². The molecule has 0 saturated heterocycles. The smallest absolute Gasteiger partial charge is 0.294 e. The molecule has 1 aromatic carbocycles. The number of hydrogen-bond donors (Lipinski definition) is 1. The second kappa shape index (κ2) is 5.05. The molecule has 6 heteroatoms. The van der Waals surface area contributed by atoms with Gasteiger partial charge in [0.05, 0.1) is 22.5 Å². The highest BCUT2D eigenvalue weighted by Crippen LogP contribution is 2.26. The summed E-state index contributed by atoms with van der Waals surface area (Å²) >= 11 is 0. The van der Waals surface area contributed by atoms with Gasteiger partial charge in [0, 0.05) is 12.3 Å². The lowest BCUT2D eigenvalue weighted by Crippen LogP contribution is -1.94. The molecule has 1 aromatic heterocycles. The van der Waals surface area contributed by atoms with Gasteiger partial charge in [-0.25, -0.2) is 0 Å². The summed E-state index contributed by atoms with van der Waals surface area (Å²) in [5.74, 6) is 0. The molecule has 0 unspecified atom stereocenters. The Kier molecular flexibility index (Phi) is 3.29. The lowest BCUT2D eigenvalue weighted by molar-refractivity contribution is -0.383. The first kappa shape index (κ1) is 11.7. The molecule has 2 rings (SSSR count). The molecule has 2 aromatic rings. The van der Waals surface area contributed by atoms with E-state index >= 15 is 0 Å². The van der Waals surface area contributed by atoms with E-state index in [1.165, 1.54) is 18.3 Å². The number of pyridine rings is 1. The summed E-state index contributed by atoms with van der Waals surface area (Å²) in [7, 11) is 0. The van der Waals surface area contributed by atoms with Crippen LogP contribution in [0.25, 0.3) is 0 Å². The van der Waals surface area contributed by atoms with Crippen molar-refractivity contribution in [2.24, 2.45) is 4.99 Å². The number of anilines is 1. The van der Waals surface area contributed by atoms with Crippen LogP contribution in [0.1, 0.15) is 5.69 Å². The van der Waals surface area contributed by atoms with Gasteiger partial charge in [0.25, 0.3) is 5.69 Å². The van der Waals surface area contributed by atoms with Gasteiger partial charge >= 0.3 is 0 Å². The maximum absolute atomic E-state index is 10.7. The van der Waals surface area contributed by atoms with Crippen molar-refractivity contribution in [2.45, 2.75) is 0 Å². The summed E-state index contributed by atoms with van der Waals surface area (Å²) in [5, 5.41) is 10.7. The first-order valence-electron chi connectivity index (χ1n) is 5.16. The van der Waals surface area contributed by atoms with Crippen LogP contribution in [0.5, 0.6) is 0 Å². The summed E-state index contributed by atoms with van der Waals surface area (Å²) in [6.07, 6.45) is 3.18. The standard InChI is InChI=1S/C12H10N4O2/c13-11-5-4-9(7-12(11)16(17)18)15-8-10-3-1-2-6-14-10/h1-8H,13H2. The van der Waals surface area contributed by atoms with Crippen LogP contribution in [-0.2, 0) is 0 Å². The van der Waals surface area contributed by atoms with Crippen molar-refractivity contribution in [2.75, 3.05) is 5.73 Å². The molecule has 0 fully saturated rings. The van der Waals surface area contributed by atoms with Crippen molar-refractivity contribution in [1.29, 1.82) is 0 Å². The quantitative estimate of drug-likeness (QED) is 0.386. The third-order valence-electron chi connectivity index (χ3n) is 2.24. The summed E-state index contributed by atoms with van der Waals surface area (Å²) in [6.45, 7) is 0. The molecular weight excluding hydrogens is 232 g/mol. The minimum absolute atomic E-state index is 0.122. The average molecular weight is 242 g/mol. The summed E-state index contributed by atoms with van der Waals surface area (Å²) in [6, 6.07) is 9.82. The number of aromatic nitrogens is 1. The molecule has 90 valence electrons. The Hall–Kier alpha value is -2.76. The number of nitrogens with two attached hydrogens (primary N) is 1. The first-order chi connectivity index (χ1) is 8.66. The zero-order valence-electron chi connectivity index (χ0n) is 9.35. The molecular formula is C12H10N4O2. The largest absolute Gasteiger partial charge is 0.393 e. The molecule has 0 aliphatic heterocycles. The Bertz CT molecular complexity index is 596. The highest BCUT2D eigenvalue weighted by atomic mass is 16.6. The van der Waals surface area contributed by atoms with Gasteiger partial charge < -0.3 is 5.73 Å². The number of benzene rings is 1. The lowest BCUT2D eigenvalue weighted by Gasteiger charge is -1.98. The van der Waals surface area contributed by atoms with Gasteiger partial charge in [0.2, 0.25) is 0 Å². The van der Waals surface area contributed by atoms with E-state index in [1.54, 1.807) is 24.4 Å². The number of rotatable bonds is 3. The first-order valence-corrected chi connectivity index (χ1v) is 5.16. The monoisotopic (exact) mass is 242 g/mol. The van der Waals surface area contributed by atoms with Crippen molar-refractivity contribution in [3.05, 3.63) is 58.4 Å². The van der Waals surface area contributed by atoms with Gasteiger partial charge in [-0.3, -0.25) is 20.1 Å². The number of nitro benzene ring substituents is 1. The molecule has 0 amide bonds. The van der Waals surface area contributed by atoms with Crippen LogP contribution in [0, 0.1) is 10.1 Å². The Morgan fingerprint density at radius 1 is 1.33 bits per heavy atom. The fourth-order valence-corrected chi connectivity index (χ4v) is 1.36. The molecule has 6 nitrogen and oxygen atoms in total. The van der Waals surface area contributed by atoms with Crippen LogP contribution in [-0.4, -0.2) is 16.1 Å². The van der Waals surface area contributed by atoms with Crippen molar-refractivity contribution < 1.29 is 4.92 Å². The molecule has 0 radical (unpaired) electrons. The fraction of sp³-hybridized carbons (Fsp3) is 0. The number of nitrogens with zero attached hydrogens (tertiary/aromatic N) is 3. The van der Waals surface area contributed by atoms with E-state index in [4.69, 9.17) is 5.73 Å². The Balaban J connectivity index is 2.28. The van der Waals surface area contributed by atoms with Crippen LogP contribution in [0.4, 0.5) is 17.1 Å². The molecule has 1 heterocycles. The van der Waals surface area contributed by atoms with E-state index in [0.717, 1.165) is 0 Å². The van der Waals surface area contributed by atoms with E-state index in [0.29, 0.717) is 11.4 Å². The van der Waals surface area contributed by atoms with Gasteiger partial charge in [-0.1, -0.05) is 6.07 Å². The molecule has 2 N–H and O–H groups in total. The number of aliphatic imine (C=N–C) groups is 1. The molecule has 18 heavy (non-hydrogen) atoms. The second-order valence-corrected chi connectivity index (χ2v) is 3.51. The zero-order chi connectivity index (χ0) is 13.0. The van der Waals surface area contributed by atoms with Gasteiger partial charge in [0.15, 0.2) is 0 Å². The highest BCUT2D eigenvalue weighted by Gasteiger charge is 2.11. The van der Waals surface area contributed by atoms with Crippen LogP contribution in [0.2, 0.25) is 0 Å². The SMILES string of the molecule is Nc1ccc(N=Cc2ccccn2)cc1[N+](=O)[O-]. The molecule has 0 spiro atoms. The summed E-state index contributed by atoms with van der Waals surface area (Å²) in [4.78, 5) is 18.4. The fourth-order valence-electron chi connectivity index (χ4n) is 1.36. The minimum atomic E-state index is -0.533. The van der Waals surface area contributed by atoms with Crippen LogP contribution in [0.3, 0.4) is 0 Å².